The predicted octanol–water partition coefficient (Wildman–Crippen LogP) is 1.06. The van der Waals surface area contributed by atoms with E-state index in [2.05, 4.69) is 13.2 Å². The van der Waals surface area contributed by atoms with Crippen LogP contribution in [0.3, 0.4) is 0 Å². The van der Waals surface area contributed by atoms with Gasteiger partial charge in [-0.25, -0.2) is 14.5 Å². The highest BCUT2D eigenvalue weighted by Crippen LogP contribution is 2.54. The van der Waals surface area contributed by atoms with Crippen LogP contribution >= 0.6 is 0 Å². The first-order chi connectivity index (χ1) is 13.3. The normalized spacial score (nSPS) is 35.1. The zero-order valence-electron chi connectivity index (χ0n) is 15.6. The van der Waals surface area contributed by atoms with E-state index in [1.165, 1.54) is 0 Å². The molecule has 3 N–H and O–H groups in total. The summed E-state index contributed by atoms with van der Waals surface area (Å²) >= 11 is 0. The first-order valence-electron chi connectivity index (χ1n) is 8.99. The molecule has 0 aromatic carbocycles. The van der Waals surface area contributed by atoms with Crippen LogP contribution in [0, 0.1) is 11.8 Å². The molecule has 0 aromatic rings. The van der Waals surface area contributed by atoms with Gasteiger partial charge in [-0.05, 0) is 18.6 Å². The van der Waals surface area contributed by atoms with Crippen LogP contribution in [0.4, 0.5) is 0 Å². The molecule has 8 nitrogen and oxygen atoms in total. The number of carbonyl (C=O) groups excluding carboxylic acids is 2. The zero-order valence-corrected chi connectivity index (χ0v) is 15.6. The summed E-state index contributed by atoms with van der Waals surface area (Å²) < 4.78 is 11.1. The summed E-state index contributed by atoms with van der Waals surface area (Å²) in [5, 5.41) is 28.1. The molecule has 5 unspecified atom stereocenters. The summed E-state index contributed by atoms with van der Waals surface area (Å²) in [5.41, 5.74) is 0.256. The predicted molar refractivity (Wildman–Crippen MR) is 96.7 cm³/mol. The van der Waals surface area contributed by atoms with Crippen LogP contribution in [0.5, 0.6) is 0 Å². The van der Waals surface area contributed by atoms with Crippen molar-refractivity contribution in [2.45, 2.75) is 37.6 Å². The fourth-order valence-electron chi connectivity index (χ4n) is 4.49. The van der Waals surface area contributed by atoms with Crippen molar-refractivity contribution < 1.29 is 39.4 Å². The van der Waals surface area contributed by atoms with E-state index in [1.54, 1.807) is 0 Å². The molecule has 0 radical (unpaired) electrons. The second-order valence-corrected chi connectivity index (χ2v) is 7.35. The SMILES string of the molecule is C=C1C(=O)OC2C1C(OC(=O)C(=CCO)CO)CC(=C)C1(OO)CC=C(C)C21. The number of aliphatic hydroxyl groups excluding tert-OH is 2. The number of fused-ring (bicyclic) bond motifs is 3. The van der Waals surface area contributed by atoms with Gasteiger partial charge in [0.2, 0.25) is 0 Å². The number of esters is 2. The van der Waals surface area contributed by atoms with Crippen molar-refractivity contribution in [3.63, 3.8) is 0 Å². The summed E-state index contributed by atoms with van der Waals surface area (Å²) in [5.74, 6) is -2.57. The lowest BCUT2D eigenvalue weighted by Gasteiger charge is -2.36. The van der Waals surface area contributed by atoms with E-state index in [9.17, 15) is 20.0 Å². The van der Waals surface area contributed by atoms with E-state index >= 15 is 0 Å². The van der Waals surface area contributed by atoms with Crippen LogP contribution in [0.1, 0.15) is 19.8 Å². The maximum absolute atomic E-state index is 12.4. The van der Waals surface area contributed by atoms with Crippen molar-refractivity contribution in [3.8, 4) is 0 Å². The topological polar surface area (TPSA) is 123 Å². The lowest BCUT2D eigenvalue weighted by atomic mass is 9.77. The fourth-order valence-corrected chi connectivity index (χ4v) is 4.49. The van der Waals surface area contributed by atoms with Gasteiger partial charge in [0.15, 0.2) is 0 Å². The summed E-state index contributed by atoms with van der Waals surface area (Å²) in [6, 6.07) is 0. The molecule has 1 saturated heterocycles. The van der Waals surface area contributed by atoms with Crippen molar-refractivity contribution in [2.24, 2.45) is 11.8 Å². The molecule has 8 heteroatoms. The number of aliphatic hydroxyl groups is 2. The molecule has 2 fully saturated rings. The first kappa shape index (κ1) is 20.5. The van der Waals surface area contributed by atoms with Gasteiger partial charge in [-0.15, -0.1) is 0 Å². The molecule has 1 heterocycles. The van der Waals surface area contributed by atoms with Gasteiger partial charge >= 0.3 is 11.9 Å². The van der Waals surface area contributed by atoms with Gasteiger partial charge in [-0.2, -0.15) is 0 Å². The molecule has 28 heavy (non-hydrogen) atoms. The average molecular weight is 392 g/mol. The molecule has 0 spiro atoms. The van der Waals surface area contributed by atoms with E-state index < -0.39 is 54.8 Å². The van der Waals surface area contributed by atoms with Gasteiger partial charge < -0.3 is 19.7 Å². The second kappa shape index (κ2) is 7.63. The molecule has 2 aliphatic carbocycles. The average Bonchev–Trinajstić information content (AvgIpc) is 3.12. The summed E-state index contributed by atoms with van der Waals surface area (Å²) in [7, 11) is 0. The maximum Gasteiger partial charge on any atom is 0.336 e. The molecule has 3 aliphatic rings. The molecule has 0 bridgehead atoms. The molecular formula is C20H24O8. The van der Waals surface area contributed by atoms with Crippen molar-refractivity contribution in [1.82, 2.24) is 0 Å². The van der Waals surface area contributed by atoms with Gasteiger partial charge in [0.05, 0.1) is 30.6 Å². The largest absolute Gasteiger partial charge is 0.458 e. The van der Waals surface area contributed by atoms with Crippen molar-refractivity contribution in [1.29, 1.82) is 0 Å². The highest BCUT2D eigenvalue weighted by molar-refractivity contribution is 5.92. The van der Waals surface area contributed by atoms with Crippen molar-refractivity contribution in [2.75, 3.05) is 13.2 Å². The second-order valence-electron chi connectivity index (χ2n) is 7.35. The number of hydrogen-bond acceptors (Lipinski definition) is 8. The Balaban J connectivity index is 2.01. The highest BCUT2D eigenvalue weighted by atomic mass is 17.1. The molecule has 0 amide bonds. The van der Waals surface area contributed by atoms with Gasteiger partial charge in [-0.3, -0.25) is 5.26 Å². The molecule has 5 atom stereocenters. The minimum atomic E-state index is -1.18. The Bertz CT molecular complexity index is 779. The lowest BCUT2D eigenvalue weighted by Crippen LogP contribution is -2.45. The third kappa shape index (κ3) is 3.02. The Morgan fingerprint density at radius 1 is 1.43 bits per heavy atom. The first-order valence-corrected chi connectivity index (χ1v) is 8.99. The molecule has 1 aliphatic heterocycles. The maximum atomic E-state index is 12.4. The Labute approximate surface area is 162 Å². The third-order valence-electron chi connectivity index (χ3n) is 5.95. The van der Waals surface area contributed by atoms with E-state index in [-0.39, 0.29) is 17.6 Å². The van der Waals surface area contributed by atoms with E-state index in [0.717, 1.165) is 11.6 Å². The van der Waals surface area contributed by atoms with Gasteiger partial charge in [0.25, 0.3) is 0 Å². The highest BCUT2D eigenvalue weighted by Gasteiger charge is 2.61. The van der Waals surface area contributed by atoms with Gasteiger partial charge in [0.1, 0.15) is 17.8 Å². The number of rotatable bonds is 5. The van der Waals surface area contributed by atoms with E-state index in [0.29, 0.717) is 12.0 Å². The summed E-state index contributed by atoms with van der Waals surface area (Å²) in [6.45, 7) is 8.66. The summed E-state index contributed by atoms with van der Waals surface area (Å²) in [6.07, 6.45) is 1.90. The number of carbonyl (C=O) groups is 2. The van der Waals surface area contributed by atoms with Crippen LogP contribution in [0.15, 0.2) is 47.6 Å². The van der Waals surface area contributed by atoms with E-state index in [4.69, 9.17) is 19.5 Å². The lowest BCUT2D eigenvalue weighted by molar-refractivity contribution is -0.323. The smallest absolute Gasteiger partial charge is 0.336 e. The van der Waals surface area contributed by atoms with Crippen LogP contribution in [-0.2, 0) is 24.0 Å². The van der Waals surface area contributed by atoms with Crippen LogP contribution in [0.25, 0.3) is 0 Å². The van der Waals surface area contributed by atoms with Gasteiger partial charge in [-0.1, -0.05) is 24.8 Å². The number of ether oxygens (including phenoxy) is 2. The minimum Gasteiger partial charge on any atom is -0.458 e. The van der Waals surface area contributed by atoms with Crippen molar-refractivity contribution >= 4 is 11.9 Å². The van der Waals surface area contributed by atoms with E-state index in [1.807, 2.05) is 13.0 Å². The Morgan fingerprint density at radius 2 is 2.14 bits per heavy atom. The molecule has 152 valence electrons. The van der Waals surface area contributed by atoms with Crippen molar-refractivity contribution in [3.05, 3.63) is 47.6 Å². The molecule has 1 saturated carbocycles. The molecule has 3 rings (SSSR count). The standard InChI is InChI=1S/C20H24O8/c1-10-4-6-20(28-25)11(2)8-14(26-19(24)13(9-22)5-7-21)15-12(3)18(23)27-17(15)16(10)20/h4-5,14-17,21-22,25H,2-3,6-9H2,1H3. The molecular weight excluding hydrogens is 368 g/mol. The monoisotopic (exact) mass is 392 g/mol. The Kier molecular flexibility index (Phi) is 5.58. The summed E-state index contributed by atoms with van der Waals surface area (Å²) in [4.78, 5) is 29.6. The number of hydrogen-bond donors (Lipinski definition) is 3. The van der Waals surface area contributed by atoms with Gasteiger partial charge in [0, 0.05) is 18.4 Å². The Hall–Kier alpha value is -2.26. The van der Waals surface area contributed by atoms with Crippen LogP contribution < -0.4 is 0 Å². The fraction of sp³-hybridized carbons (Fsp3) is 0.500. The zero-order chi connectivity index (χ0) is 20.6. The van der Waals surface area contributed by atoms with Crippen LogP contribution in [-0.4, -0.2) is 58.4 Å². The Morgan fingerprint density at radius 3 is 2.75 bits per heavy atom. The minimum absolute atomic E-state index is 0.103. The van der Waals surface area contributed by atoms with Crippen LogP contribution in [0.2, 0.25) is 0 Å². The molecule has 0 aromatic heterocycles. The quantitative estimate of drug-likeness (QED) is 0.209. The third-order valence-corrected chi connectivity index (χ3v) is 5.95.